The predicted octanol–water partition coefficient (Wildman–Crippen LogP) is 3.71. The first-order valence-electron chi connectivity index (χ1n) is 9.55. The topological polar surface area (TPSA) is 74.0 Å². The fourth-order valence-corrected chi connectivity index (χ4v) is 3.67. The van der Waals surface area contributed by atoms with E-state index in [-0.39, 0.29) is 23.4 Å². The first-order valence-corrected chi connectivity index (χ1v) is 9.55. The number of hydrogen-bond donors (Lipinski definition) is 1. The number of carbonyl (C=O) groups is 2. The lowest BCUT2D eigenvalue weighted by Crippen LogP contribution is -2.37. The van der Waals surface area contributed by atoms with Gasteiger partial charge in [0.05, 0.1) is 11.6 Å². The molecule has 1 atom stereocenters. The zero-order chi connectivity index (χ0) is 21.4. The van der Waals surface area contributed by atoms with Crippen LogP contribution in [0.3, 0.4) is 0 Å². The summed E-state index contributed by atoms with van der Waals surface area (Å²) in [6.45, 7) is 0.696. The lowest BCUT2D eigenvalue weighted by atomic mass is 9.94. The highest BCUT2D eigenvalue weighted by Gasteiger charge is 2.45. The van der Waals surface area contributed by atoms with Crippen LogP contribution >= 0.6 is 0 Å². The molecular formula is C23H21FN2O4. The second-order valence-corrected chi connectivity index (χ2v) is 7.47. The zero-order valence-corrected chi connectivity index (χ0v) is 16.6. The summed E-state index contributed by atoms with van der Waals surface area (Å²) in [4.78, 5) is 29.3. The van der Waals surface area contributed by atoms with Crippen molar-refractivity contribution in [2.24, 2.45) is 0 Å². The molecule has 0 saturated heterocycles. The number of nitrogens with zero attached hydrogens (tertiary/aromatic N) is 2. The normalized spacial score (nSPS) is 16.9. The molecule has 0 fully saturated rings. The molecule has 0 aliphatic carbocycles. The molecule has 0 bridgehead atoms. The summed E-state index contributed by atoms with van der Waals surface area (Å²) < 4.78 is 20.3. The van der Waals surface area contributed by atoms with Crippen molar-refractivity contribution in [1.82, 2.24) is 9.80 Å². The van der Waals surface area contributed by atoms with Crippen LogP contribution in [-0.4, -0.2) is 53.8 Å². The molecule has 0 unspecified atom stereocenters. The van der Waals surface area contributed by atoms with Gasteiger partial charge in [0, 0.05) is 24.0 Å². The van der Waals surface area contributed by atoms with Gasteiger partial charge in [-0.25, -0.2) is 4.39 Å². The van der Waals surface area contributed by atoms with E-state index >= 15 is 0 Å². The molecule has 7 heteroatoms. The van der Waals surface area contributed by atoms with Gasteiger partial charge in [-0.3, -0.25) is 9.59 Å². The third-order valence-corrected chi connectivity index (χ3v) is 5.19. The molecule has 1 amide bonds. The number of likely N-dealkylation sites (N-methyl/N-ethyl adjacent to an activating group) is 1. The van der Waals surface area contributed by atoms with E-state index in [9.17, 15) is 19.1 Å². The highest BCUT2D eigenvalue weighted by molar-refractivity contribution is 6.16. The number of ketones is 1. The molecule has 1 aliphatic rings. The van der Waals surface area contributed by atoms with Gasteiger partial charge in [-0.05, 0) is 32.3 Å². The molecule has 0 radical (unpaired) electrons. The van der Waals surface area contributed by atoms with E-state index in [1.165, 1.54) is 23.1 Å². The highest BCUT2D eigenvalue weighted by Crippen LogP contribution is 2.40. The van der Waals surface area contributed by atoms with Crippen LogP contribution < -0.4 is 0 Å². The number of Topliss-reactive ketones (excluding diaryl/α,β-unsaturated/α-hetero) is 1. The average Bonchev–Trinajstić information content (AvgIpc) is 3.26. The van der Waals surface area contributed by atoms with Gasteiger partial charge in [-0.15, -0.1) is 0 Å². The number of rotatable bonds is 6. The molecule has 154 valence electrons. The van der Waals surface area contributed by atoms with E-state index in [0.717, 1.165) is 5.39 Å². The molecule has 1 aromatic heterocycles. The molecule has 4 rings (SSSR count). The molecule has 30 heavy (non-hydrogen) atoms. The Labute approximate surface area is 172 Å². The van der Waals surface area contributed by atoms with E-state index in [1.807, 2.05) is 25.1 Å². The van der Waals surface area contributed by atoms with E-state index < -0.39 is 29.3 Å². The summed E-state index contributed by atoms with van der Waals surface area (Å²) in [6.07, 6.45) is 0. The van der Waals surface area contributed by atoms with Gasteiger partial charge in [-0.1, -0.05) is 36.4 Å². The zero-order valence-electron chi connectivity index (χ0n) is 16.6. The van der Waals surface area contributed by atoms with Crippen LogP contribution in [0.25, 0.3) is 11.0 Å². The lowest BCUT2D eigenvalue weighted by Gasteiger charge is -2.28. The number of hydrogen-bond acceptors (Lipinski definition) is 5. The van der Waals surface area contributed by atoms with Crippen molar-refractivity contribution in [2.45, 2.75) is 6.04 Å². The van der Waals surface area contributed by atoms with Crippen molar-refractivity contribution in [1.29, 1.82) is 0 Å². The second kappa shape index (κ2) is 7.76. The van der Waals surface area contributed by atoms with Gasteiger partial charge < -0.3 is 19.3 Å². The number of benzene rings is 2. The van der Waals surface area contributed by atoms with E-state index in [1.54, 1.807) is 30.3 Å². The first-order chi connectivity index (χ1) is 14.4. The van der Waals surface area contributed by atoms with Gasteiger partial charge in [-0.2, -0.15) is 0 Å². The Hall–Kier alpha value is -3.45. The Balaban J connectivity index is 1.81. The summed E-state index contributed by atoms with van der Waals surface area (Å²) in [5, 5.41) is 11.3. The SMILES string of the molecule is CN(C)CCN1C(=O)C(O)=C(C(=O)c2cc3ccccc3o2)[C@@H]1c1ccccc1F. The molecule has 0 spiro atoms. The molecule has 6 nitrogen and oxygen atoms in total. The maximum atomic E-state index is 14.7. The van der Waals surface area contributed by atoms with E-state index in [0.29, 0.717) is 12.1 Å². The molecule has 2 heterocycles. The van der Waals surface area contributed by atoms with Crippen LogP contribution in [0.5, 0.6) is 0 Å². The largest absolute Gasteiger partial charge is 0.503 e. The summed E-state index contributed by atoms with van der Waals surface area (Å²) >= 11 is 0. The van der Waals surface area contributed by atoms with Crippen molar-refractivity contribution in [3.63, 3.8) is 0 Å². The van der Waals surface area contributed by atoms with Crippen molar-refractivity contribution in [3.8, 4) is 0 Å². The van der Waals surface area contributed by atoms with Crippen LogP contribution in [0.15, 0.2) is 70.3 Å². The van der Waals surface area contributed by atoms with Gasteiger partial charge in [0.15, 0.2) is 11.5 Å². The Morgan fingerprint density at radius 1 is 1.17 bits per heavy atom. The number of para-hydroxylation sites is 1. The van der Waals surface area contributed by atoms with Crippen molar-refractivity contribution >= 4 is 22.7 Å². The number of carbonyl (C=O) groups excluding carboxylic acids is 2. The molecule has 3 aromatic rings. The molecule has 2 aromatic carbocycles. The Bertz CT molecular complexity index is 1130. The molecular weight excluding hydrogens is 387 g/mol. The standard InChI is InChI=1S/C23H21FN2O4/c1-25(2)11-12-26-20(15-8-4-5-9-16(15)24)19(22(28)23(26)29)21(27)18-13-14-7-3-6-10-17(14)30-18/h3-10,13,20,28H,11-12H2,1-2H3/t20-/m0/s1. The minimum absolute atomic E-state index is 0.0126. The summed E-state index contributed by atoms with van der Waals surface area (Å²) in [5.74, 6) is -2.59. The quantitative estimate of drug-likeness (QED) is 0.630. The minimum atomic E-state index is -1.04. The van der Waals surface area contributed by atoms with Crippen molar-refractivity contribution < 1.29 is 23.5 Å². The molecule has 1 aliphatic heterocycles. The molecule has 0 saturated carbocycles. The number of aliphatic hydroxyl groups is 1. The lowest BCUT2D eigenvalue weighted by molar-refractivity contribution is -0.129. The number of aliphatic hydroxyl groups excluding tert-OH is 1. The summed E-state index contributed by atoms with van der Waals surface area (Å²) in [7, 11) is 3.68. The first kappa shape index (κ1) is 19.8. The number of amides is 1. The predicted molar refractivity (Wildman–Crippen MR) is 110 cm³/mol. The van der Waals surface area contributed by atoms with Gasteiger partial charge in [0.25, 0.3) is 5.91 Å². The maximum absolute atomic E-state index is 14.7. The third-order valence-electron chi connectivity index (χ3n) is 5.19. The fraction of sp³-hybridized carbons (Fsp3) is 0.217. The van der Waals surface area contributed by atoms with Crippen molar-refractivity contribution in [3.05, 3.63) is 83.1 Å². The van der Waals surface area contributed by atoms with Crippen molar-refractivity contribution in [2.75, 3.05) is 27.2 Å². The van der Waals surface area contributed by atoms with Gasteiger partial charge in [0.2, 0.25) is 5.78 Å². The number of furan rings is 1. The highest BCUT2D eigenvalue weighted by atomic mass is 19.1. The van der Waals surface area contributed by atoms with Crippen LogP contribution in [-0.2, 0) is 4.79 Å². The van der Waals surface area contributed by atoms with Gasteiger partial charge >= 0.3 is 0 Å². The fourth-order valence-electron chi connectivity index (χ4n) is 3.67. The average molecular weight is 408 g/mol. The molecule has 1 N–H and O–H groups in total. The smallest absolute Gasteiger partial charge is 0.290 e. The monoisotopic (exact) mass is 408 g/mol. The van der Waals surface area contributed by atoms with Crippen LogP contribution in [0.4, 0.5) is 4.39 Å². The summed E-state index contributed by atoms with van der Waals surface area (Å²) in [5.41, 5.74) is 0.480. The number of halogens is 1. The van der Waals surface area contributed by atoms with E-state index in [2.05, 4.69) is 0 Å². The summed E-state index contributed by atoms with van der Waals surface area (Å²) in [6, 6.07) is 13.6. The third kappa shape index (κ3) is 3.37. The second-order valence-electron chi connectivity index (χ2n) is 7.47. The number of fused-ring (bicyclic) bond motifs is 1. The van der Waals surface area contributed by atoms with Crippen LogP contribution in [0.2, 0.25) is 0 Å². The van der Waals surface area contributed by atoms with Gasteiger partial charge in [0.1, 0.15) is 11.4 Å². The van der Waals surface area contributed by atoms with Crippen LogP contribution in [0, 0.1) is 5.82 Å². The van der Waals surface area contributed by atoms with E-state index in [4.69, 9.17) is 4.42 Å². The minimum Gasteiger partial charge on any atom is -0.503 e. The Kier molecular flexibility index (Phi) is 5.13. The Morgan fingerprint density at radius 3 is 2.57 bits per heavy atom. The van der Waals surface area contributed by atoms with Crippen LogP contribution in [0.1, 0.15) is 22.2 Å². The Morgan fingerprint density at radius 2 is 1.87 bits per heavy atom. The maximum Gasteiger partial charge on any atom is 0.290 e.